The number of anilines is 1. The normalized spacial score (nSPS) is 11.1. The van der Waals surface area contributed by atoms with E-state index in [1.807, 2.05) is 34.5 Å². The molecule has 3 aromatic heterocycles. The van der Waals surface area contributed by atoms with E-state index in [2.05, 4.69) is 53.4 Å². The van der Waals surface area contributed by atoms with Crippen molar-refractivity contribution < 1.29 is 4.79 Å². The van der Waals surface area contributed by atoms with Crippen LogP contribution in [0.1, 0.15) is 16.7 Å². The third kappa shape index (κ3) is 4.33. The fraction of sp³-hybridized carbons (Fsp3) is 0.238. The zero-order valence-electron chi connectivity index (χ0n) is 17.1. The van der Waals surface area contributed by atoms with Crippen LogP contribution >= 0.6 is 34.4 Å². The SMILES string of the molecule is Cc1cc(C)c(-c2csc(NC(=O)CSc3nnc(-c4cccs4)n3C)n2)c(C)c1. The van der Waals surface area contributed by atoms with Gasteiger partial charge in [-0.05, 0) is 43.3 Å². The molecular formula is C21H21N5OS3. The molecule has 0 aliphatic rings. The first kappa shape index (κ1) is 20.8. The summed E-state index contributed by atoms with van der Waals surface area (Å²) >= 11 is 4.41. The van der Waals surface area contributed by atoms with Gasteiger partial charge < -0.3 is 9.88 Å². The van der Waals surface area contributed by atoms with Crippen LogP contribution < -0.4 is 5.32 Å². The first-order chi connectivity index (χ1) is 14.4. The van der Waals surface area contributed by atoms with Crippen molar-refractivity contribution >= 4 is 45.5 Å². The molecule has 0 saturated carbocycles. The van der Waals surface area contributed by atoms with Crippen LogP contribution in [0.3, 0.4) is 0 Å². The molecule has 0 atom stereocenters. The first-order valence-corrected chi connectivity index (χ1v) is 12.1. The topological polar surface area (TPSA) is 72.7 Å². The van der Waals surface area contributed by atoms with Crippen LogP contribution in [0.15, 0.2) is 40.2 Å². The summed E-state index contributed by atoms with van der Waals surface area (Å²) in [7, 11) is 1.91. The number of thiazole rings is 1. The minimum Gasteiger partial charge on any atom is -0.304 e. The van der Waals surface area contributed by atoms with Crippen LogP contribution in [0.5, 0.6) is 0 Å². The highest BCUT2D eigenvalue weighted by Gasteiger charge is 2.15. The Hall–Kier alpha value is -2.49. The Morgan fingerprint density at radius 2 is 1.93 bits per heavy atom. The van der Waals surface area contributed by atoms with E-state index in [4.69, 9.17) is 0 Å². The quantitative estimate of drug-likeness (QED) is 0.398. The molecule has 0 bridgehead atoms. The number of aryl methyl sites for hydroxylation is 3. The standard InChI is InChI=1S/C21H21N5OS3/c1-12-8-13(2)18(14(3)9-12)15-10-29-20(22-15)23-17(27)11-30-21-25-24-19(26(21)4)16-6-5-7-28-16/h5-10H,11H2,1-4H3,(H,22,23,27). The molecule has 6 nitrogen and oxygen atoms in total. The van der Waals surface area contributed by atoms with Gasteiger partial charge in [0.1, 0.15) is 0 Å². The number of hydrogen-bond donors (Lipinski definition) is 1. The van der Waals surface area contributed by atoms with Crippen molar-refractivity contribution in [2.24, 2.45) is 7.05 Å². The van der Waals surface area contributed by atoms with Gasteiger partial charge in [0.15, 0.2) is 16.1 Å². The molecule has 4 aromatic rings. The lowest BCUT2D eigenvalue weighted by Gasteiger charge is -2.08. The van der Waals surface area contributed by atoms with Crippen molar-refractivity contribution in [2.45, 2.75) is 25.9 Å². The van der Waals surface area contributed by atoms with E-state index < -0.39 is 0 Å². The molecule has 4 rings (SSSR count). The number of carbonyl (C=O) groups is 1. The number of thioether (sulfide) groups is 1. The highest BCUT2D eigenvalue weighted by Crippen LogP contribution is 2.31. The maximum Gasteiger partial charge on any atom is 0.236 e. The molecule has 0 fully saturated rings. The molecule has 1 amide bonds. The smallest absolute Gasteiger partial charge is 0.236 e. The number of carbonyl (C=O) groups excluding carboxylic acids is 1. The molecule has 1 aromatic carbocycles. The summed E-state index contributed by atoms with van der Waals surface area (Å²) in [4.78, 5) is 18.1. The number of rotatable bonds is 6. The molecule has 1 N–H and O–H groups in total. The van der Waals surface area contributed by atoms with Crippen molar-refractivity contribution in [3.8, 4) is 22.0 Å². The van der Waals surface area contributed by atoms with E-state index in [1.54, 1.807) is 11.3 Å². The maximum absolute atomic E-state index is 12.4. The Kier molecular flexibility index (Phi) is 6.03. The van der Waals surface area contributed by atoms with E-state index in [9.17, 15) is 4.79 Å². The van der Waals surface area contributed by atoms with E-state index in [0.29, 0.717) is 10.3 Å². The average molecular weight is 456 g/mol. The largest absolute Gasteiger partial charge is 0.304 e. The molecule has 3 heterocycles. The van der Waals surface area contributed by atoms with E-state index in [0.717, 1.165) is 22.0 Å². The molecule has 9 heteroatoms. The van der Waals surface area contributed by atoms with E-state index >= 15 is 0 Å². The third-order valence-corrected chi connectivity index (χ3v) is 7.24. The van der Waals surface area contributed by atoms with Gasteiger partial charge in [0, 0.05) is 18.0 Å². The fourth-order valence-electron chi connectivity index (χ4n) is 3.38. The Bertz CT molecular complexity index is 1170. The first-order valence-electron chi connectivity index (χ1n) is 9.32. The fourth-order valence-corrected chi connectivity index (χ4v) is 5.55. The number of nitrogens with zero attached hydrogens (tertiary/aromatic N) is 4. The predicted octanol–water partition coefficient (Wildman–Crippen LogP) is 5.32. The summed E-state index contributed by atoms with van der Waals surface area (Å²) in [5.41, 5.74) is 5.64. The number of amides is 1. The number of nitrogens with one attached hydrogen (secondary N) is 1. The molecule has 154 valence electrons. The molecule has 0 saturated heterocycles. The third-order valence-electron chi connectivity index (χ3n) is 4.59. The Morgan fingerprint density at radius 3 is 2.63 bits per heavy atom. The summed E-state index contributed by atoms with van der Waals surface area (Å²) in [5, 5.41) is 16.7. The van der Waals surface area contributed by atoms with Gasteiger partial charge in [0.25, 0.3) is 0 Å². The zero-order chi connectivity index (χ0) is 21.3. The minimum absolute atomic E-state index is 0.112. The molecule has 0 unspecified atom stereocenters. The van der Waals surface area contributed by atoms with Crippen LogP contribution in [0, 0.1) is 20.8 Å². The molecule has 0 spiro atoms. The van der Waals surface area contributed by atoms with Crippen molar-refractivity contribution in [3.63, 3.8) is 0 Å². The molecule has 30 heavy (non-hydrogen) atoms. The van der Waals surface area contributed by atoms with Crippen LogP contribution in [0.4, 0.5) is 5.13 Å². The molecular weight excluding hydrogens is 434 g/mol. The monoisotopic (exact) mass is 455 g/mol. The average Bonchev–Trinajstić information content (AvgIpc) is 3.41. The highest BCUT2D eigenvalue weighted by molar-refractivity contribution is 7.99. The molecule has 0 aliphatic heterocycles. The van der Waals surface area contributed by atoms with Gasteiger partial charge in [-0.1, -0.05) is 35.5 Å². The Labute approximate surface area is 187 Å². The number of hydrogen-bond acceptors (Lipinski definition) is 7. The van der Waals surface area contributed by atoms with Gasteiger partial charge in [-0.3, -0.25) is 4.79 Å². The van der Waals surface area contributed by atoms with Gasteiger partial charge in [-0.15, -0.1) is 32.9 Å². The zero-order valence-corrected chi connectivity index (χ0v) is 19.5. The number of thiophene rings is 1. The second-order valence-corrected chi connectivity index (χ2v) is 9.74. The molecule has 0 radical (unpaired) electrons. The number of aromatic nitrogens is 4. The van der Waals surface area contributed by atoms with Crippen LogP contribution in [0.2, 0.25) is 0 Å². The van der Waals surface area contributed by atoms with Crippen LogP contribution in [-0.4, -0.2) is 31.4 Å². The van der Waals surface area contributed by atoms with Crippen LogP contribution in [-0.2, 0) is 11.8 Å². The summed E-state index contributed by atoms with van der Waals surface area (Å²) in [5.74, 6) is 0.939. The Morgan fingerprint density at radius 1 is 1.17 bits per heavy atom. The van der Waals surface area contributed by atoms with Crippen molar-refractivity contribution in [1.82, 2.24) is 19.7 Å². The highest BCUT2D eigenvalue weighted by atomic mass is 32.2. The summed E-state index contributed by atoms with van der Waals surface area (Å²) in [6, 6.07) is 8.30. The lowest BCUT2D eigenvalue weighted by Crippen LogP contribution is -2.14. The van der Waals surface area contributed by atoms with E-state index in [1.165, 1.54) is 39.8 Å². The van der Waals surface area contributed by atoms with Crippen LogP contribution in [0.25, 0.3) is 22.0 Å². The van der Waals surface area contributed by atoms with Gasteiger partial charge in [0.05, 0.1) is 16.3 Å². The molecule has 0 aliphatic carbocycles. The van der Waals surface area contributed by atoms with Gasteiger partial charge in [0.2, 0.25) is 5.91 Å². The van der Waals surface area contributed by atoms with Gasteiger partial charge in [-0.25, -0.2) is 4.98 Å². The lowest BCUT2D eigenvalue weighted by molar-refractivity contribution is -0.113. The van der Waals surface area contributed by atoms with Gasteiger partial charge in [-0.2, -0.15) is 0 Å². The number of benzene rings is 1. The van der Waals surface area contributed by atoms with Gasteiger partial charge >= 0.3 is 0 Å². The van der Waals surface area contributed by atoms with E-state index in [-0.39, 0.29) is 11.7 Å². The van der Waals surface area contributed by atoms with Crippen molar-refractivity contribution in [1.29, 1.82) is 0 Å². The predicted molar refractivity (Wildman–Crippen MR) is 125 cm³/mol. The summed E-state index contributed by atoms with van der Waals surface area (Å²) < 4.78 is 1.91. The lowest BCUT2D eigenvalue weighted by atomic mass is 9.98. The maximum atomic E-state index is 12.4. The summed E-state index contributed by atoms with van der Waals surface area (Å²) in [6.45, 7) is 6.28. The van der Waals surface area contributed by atoms with Crippen molar-refractivity contribution in [3.05, 3.63) is 51.7 Å². The second kappa shape index (κ2) is 8.71. The minimum atomic E-state index is -0.112. The van der Waals surface area contributed by atoms with Crippen molar-refractivity contribution in [2.75, 3.05) is 11.1 Å². The Balaban J connectivity index is 1.40. The second-order valence-electron chi connectivity index (χ2n) is 6.99. The summed E-state index contributed by atoms with van der Waals surface area (Å²) in [6.07, 6.45) is 0.